The zero-order chi connectivity index (χ0) is 11.3. The lowest BCUT2D eigenvalue weighted by Crippen LogP contribution is -1.95. The molecule has 15 heavy (non-hydrogen) atoms. The monoisotopic (exact) mass is 234 g/mol. The summed E-state index contributed by atoms with van der Waals surface area (Å²) in [4.78, 5) is 0. The predicted octanol–water partition coefficient (Wildman–Crippen LogP) is 3.80. The van der Waals surface area contributed by atoms with Gasteiger partial charge in [0.15, 0.2) is 0 Å². The molecule has 84 valence electrons. The fourth-order valence-corrected chi connectivity index (χ4v) is 1.49. The maximum atomic E-state index is 12.4. The molecule has 0 heterocycles. The minimum atomic E-state index is -2.46. The summed E-state index contributed by atoms with van der Waals surface area (Å²) in [6, 6.07) is 4.48. The van der Waals surface area contributed by atoms with E-state index in [0.29, 0.717) is 11.6 Å². The van der Waals surface area contributed by atoms with E-state index in [1.165, 1.54) is 19.2 Å². The van der Waals surface area contributed by atoms with Gasteiger partial charge in [-0.15, -0.1) is 11.6 Å². The highest BCUT2D eigenvalue weighted by Gasteiger charge is 2.10. The summed E-state index contributed by atoms with van der Waals surface area (Å²) in [5.74, 6) is 1.07. The van der Waals surface area contributed by atoms with Crippen molar-refractivity contribution in [1.29, 1.82) is 0 Å². The second-order valence-corrected chi connectivity index (χ2v) is 3.54. The molecular formula is C11H13ClF2O. The third-order valence-electron chi connectivity index (χ3n) is 2.14. The lowest BCUT2D eigenvalue weighted by atomic mass is 10.1. The Morgan fingerprint density at radius 2 is 2.13 bits per heavy atom. The maximum absolute atomic E-state index is 12.4. The molecule has 0 fully saturated rings. The first-order valence-electron chi connectivity index (χ1n) is 4.70. The van der Waals surface area contributed by atoms with Crippen molar-refractivity contribution in [2.75, 3.05) is 13.0 Å². The minimum absolute atomic E-state index is 0.0125. The van der Waals surface area contributed by atoms with Gasteiger partial charge < -0.3 is 4.74 Å². The van der Waals surface area contributed by atoms with Gasteiger partial charge in [0.1, 0.15) is 5.75 Å². The third-order valence-corrected chi connectivity index (χ3v) is 2.41. The van der Waals surface area contributed by atoms with Crippen LogP contribution in [0.25, 0.3) is 0 Å². The fourth-order valence-electron chi connectivity index (χ4n) is 1.36. The Morgan fingerprint density at radius 1 is 1.40 bits per heavy atom. The van der Waals surface area contributed by atoms with Crippen LogP contribution in [0.1, 0.15) is 24.0 Å². The SMILES string of the molecule is COc1cc(C(F)F)ccc1CCCCl. The van der Waals surface area contributed by atoms with Crippen LogP contribution in [0.3, 0.4) is 0 Å². The number of hydrogen-bond acceptors (Lipinski definition) is 1. The zero-order valence-electron chi connectivity index (χ0n) is 8.47. The molecule has 1 rings (SSSR count). The molecule has 0 spiro atoms. The molecule has 0 aliphatic carbocycles. The highest BCUT2D eigenvalue weighted by molar-refractivity contribution is 6.17. The smallest absolute Gasteiger partial charge is 0.263 e. The molecule has 0 bridgehead atoms. The van der Waals surface area contributed by atoms with Crippen molar-refractivity contribution >= 4 is 11.6 Å². The Balaban J connectivity index is 2.88. The highest BCUT2D eigenvalue weighted by Crippen LogP contribution is 2.27. The van der Waals surface area contributed by atoms with Crippen molar-refractivity contribution in [3.63, 3.8) is 0 Å². The average Bonchev–Trinajstić information content (AvgIpc) is 2.25. The molecule has 0 saturated carbocycles. The topological polar surface area (TPSA) is 9.23 Å². The van der Waals surface area contributed by atoms with Crippen LogP contribution in [0.2, 0.25) is 0 Å². The van der Waals surface area contributed by atoms with Crippen molar-refractivity contribution in [2.24, 2.45) is 0 Å². The van der Waals surface area contributed by atoms with Gasteiger partial charge >= 0.3 is 0 Å². The Bertz CT molecular complexity index is 315. The van der Waals surface area contributed by atoms with Gasteiger partial charge in [-0.05, 0) is 24.5 Å². The van der Waals surface area contributed by atoms with Gasteiger partial charge in [-0.2, -0.15) is 0 Å². The first-order chi connectivity index (χ1) is 7.19. The van der Waals surface area contributed by atoms with Gasteiger partial charge in [-0.1, -0.05) is 12.1 Å². The molecule has 0 aliphatic rings. The van der Waals surface area contributed by atoms with E-state index in [1.54, 1.807) is 6.07 Å². The lowest BCUT2D eigenvalue weighted by molar-refractivity contribution is 0.151. The number of ether oxygens (including phenoxy) is 1. The summed E-state index contributed by atoms with van der Waals surface area (Å²) >= 11 is 5.57. The molecule has 0 aromatic heterocycles. The predicted molar refractivity (Wildman–Crippen MR) is 57.0 cm³/mol. The number of hydrogen-bond donors (Lipinski definition) is 0. The van der Waals surface area contributed by atoms with Crippen LogP contribution < -0.4 is 4.74 Å². The van der Waals surface area contributed by atoms with E-state index in [0.717, 1.165) is 18.4 Å². The van der Waals surface area contributed by atoms with Gasteiger partial charge in [0, 0.05) is 11.4 Å². The van der Waals surface area contributed by atoms with E-state index >= 15 is 0 Å². The van der Waals surface area contributed by atoms with Crippen LogP contribution in [-0.4, -0.2) is 13.0 Å². The van der Waals surface area contributed by atoms with Gasteiger partial charge in [-0.3, -0.25) is 0 Å². The Morgan fingerprint density at radius 3 is 2.67 bits per heavy atom. The Kier molecular flexibility index (Phi) is 4.82. The molecule has 0 radical (unpaired) electrons. The number of rotatable bonds is 5. The Hall–Kier alpha value is -0.830. The molecule has 0 aliphatic heterocycles. The third kappa shape index (κ3) is 3.34. The van der Waals surface area contributed by atoms with Crippen LogP contribution in [0.15, 0.2) is 18.2 Å². The number of halogens is 3. The lowest BCUT2D eigenvalue weighted by Gasteiger charge is -2.09. The van der Waals surface area contributed by atoms with Crippen molar-refractivity contribution in [2.45, 2.75) is 19.3 Å². The number of benzene rings is 1. The van der Waals surface area contributed by atoms with Crippen LogP contribution in [0.4, 0.5) is 8.78 Å². The van der Waals surface area contributed by atoms with Crippen LogP contribution in [0.5, 0.6) is 5.75 Å². The molecule has 0 unspecified atom stereocenters. The van der Waals surface area contributed by atoms with E-state index in [4.69, 9.17) is 16.3 Å². The van der Waals surface area contributed by atoms with Gasteiger partial charge in [0.25, 0.3) is 6.43 Å². The van der Waals surface area contributed by atoms with Gasteiger partial charge in [-0.25, -0.2) is 8.78 Å². The molecule has 4 heteroatoms. The molecular weight excluding hydrogens is 222 g/mol. The summed E-state index contributed by atoms with van der Waals surface area (Å²) in [7, 11) is 1.48. The highest BCUT2D eigenvalue weighted by atomic mass is 35.5. The summed E-state index contributed by atoms with van der Waals surface area (Å²) in [5, 5.41) is 0. The van der Waals surface area contributed by atoms with Crippen LogP contribution in [-0.2, 0) is 6.42 Å². The fraction of sp³-hybridized carbons (Fsp3) is 0.455. The molecule has 1 nitrogen and oxygen atoms in total. The van der Waals surface area contributed by atoms with Crippen molar-refractivity contribution < 1.29 is 13.5 Å². The largest absolute Gasteiger partial charge is 0.496 e. The normalized spacial score (nSPS) is 10.7. The summed E-state index contributed by atoms with van der Waals surface area (Å²) < 4.78 is 29.8. The minimum Gasteiger partial charge on any atom is -0.496 e. The second-order valence-electron chi connectivity index (χ2n) is 3.16. The molecule has 0 atom stereocenters. The van der Waals surface area contributed by atoms with E-state index in [9.17, 15) is 8.78 Å². The standard InChI is InChI=1S/C11H13ClF2O/c1-15-10-7-9(11(13)14)5-4-8(10)3-2-6-12/h4-5,7,11H,2-3,6H2,1H3. The van der Waals surface area contributed by atoms with Crippen LogP contribution in [0, 0.1) is 0 Å². The van der Waals surface area contributed by atoms with E-state index in [2.05, 4.69) is 0 Å². The molecule has 0 N–H and O–H groups in total. The summed E-state index contributed by atoms with van der Waals surface area (Å²) in [6.07, 6.45) is -0.900. The molecule has 0 saturated heterocycles. The molecule has 0 amide bonds. The number of methoxy groups -OCH3 is 1. The average molecular weight is 235 g/mol. The summed E-state index contributed by atoms with van der Waals surface area (Å²) in [5.41, 5.74) is 0.907. The number of aryl methyl sites for hydroxylation is 1. The van der Waals surface area contributed by atoms with Gasteiger partial charge in [0.05, 0.1) is 7.11 Å². The summed E-state index contributed by atoms with van der Waals surface area (Å²) in [6.45, 7) is 0. The van der Waals surface area contributed by atoms with Crippen molar-refractivity contribution in [3.8, 4) is 5.75 Å². The van der Waals surface area contributed by atoms with E-state index in [-0.39, 0.29) is 5.56 Å². The first kappa shape index (κ1) is 12.2. The van der Waals surface area contributed by atoms with E-state index in [1.807, 2.05) is 0 Å². The second kappa shape index (κ2) is 5.91. The molecule has 1 aromatic carbocycles. The number of alkyl halides is 3. The van der Waals surface area contributed by atoms with Crippen LogP contribution >= 0.6 is 11.6 Å². The maximum Gasteiger partial charge on any atom is 0.263 e. The van der Waals surface area contributed by atoms with Crippen molar-refractivity contribution in [1.82, 2.24) is 0 Å². The van der Waals surface area contributed by atoms with Crippen molar-refractivity contribution in [3.05, 3.63) is 29.3 Å². The quantitative estimate of drug-likeness (QED) is 0.704. The molecule has 1 aromatic rings. The zero-order valence-corrected chi connectivity index (χ0v) is 9.23. The van der Waals surface area contributed by atoms with Gasteiger partial charge in [0.2, 0.25) is 0 Å². The van der Waals surface area contributed by atoms with E-state index < -0.39 is 6.43 Å². The first-order valence-corrected chi connectivity index (χ1v) is 5.23. The Labute approximate surface area is 93.0 Å².